The van der Waals surface area contributed by atoms with Crippen molar-refractivity contribution in [3.8, 4) is 0 Å². The van der Waals surface area contributed by atoms with Crippen LogP contribution in [-0.2, 0) is 10.8 Å². The van der Waals surface area contributed by atoms with E-state index in [0.717, 1.165) is 18.0 Å². The van der Waals surface area contributed by atoms with Crippen molar-refractivity contribution in [2.75, 3.05) is 31.1 Å². The summed E-state index contributed by atoms with van der Waals surface area (Å²) in [7, 11) is -0.666. The van der Waals surface area contributed by atoms with Crippen LogP contribution in [0.1, 0.15) is 14.5 Å². The quantitative estimate of drug-likeness (QED) is 0.766. The molecule has 1 aliphatic heterocycles. The van der Waals surface area contributed by atoms with Crippen LogP contribution in [0.5, 0.6) is 0 Å². The van der Waals surface area contributed by atoms with Crippen molar-refractivity contribution in [1.82, 2.24) is 4.90 Å². The van der Waals surface area contributed by atoms with Crippen molar-refractivity contribution in [2.24, 2.45) is 0 Å². The SMILES string of the molecule is Cc1ccc(C(=O)CN2CCS(=O)CC2)s1. The minimum absolute atomic E-state index is 0.186. The Morgan fingerprint density at radius 3 is 2.69 bits per heavy atom. The fraction of sp³-hybridized carbons (Fsp3) is 0.545. The van der Waals surface area contributed by atoms with Gasteiger partial charge in [-0.1, -0.05) is 0 Å². The number of hydrogen-bond donors (Lipinski definition) is 0. The molecule has 1 aromatic heterocycles. The zero-order valence-electron chi connectivity index (χ0n) is 9.27. The van der Waals surface area contributed by atoms with E-state index < -0.39 is 10.8 Å². The Hall–Kier alpha value is -0.520. The first kappa shape index (κ1) is 12.0. The third-order valence-electron chi connectivity index (χ3n) is 2.65. The number of ketones is 1. The lowest BCUT2D eigenvalue weighted by Crippen LogP contribution is -2.40. The number of carbonyl (C=O) groups excluding carboxylic acids is 1. The second-order valence-corrected chi connectivity index (χ2v) is 6.94. The highest BCUT2D eigenvalue weighted by molar-refractivity contribution is 7.85. The van der Waals surface area contributed by atoms with Crippen LogP contribution in [0.2, 0.25) is 0 Å². The van der Waals surface area contributed by atoms with Crippen LogP contribution >= 0.6 is 11.3 Å². The predicted octanol–water partition coefficient (Wildman–Crippen LogP) is 1.30. The second kappa shape index (κ2) is 5.21. The van der Waals surface area contributed by atoms with Gasteiger partial charge >= 0.3 is 0 Å². The molecule has 0 aliphatic carbocycles. The van der Waals surface area contributed by atoms with Gasteiger partial charge in [-0.05, 0) is 19.1 Å². The summed E-state index contributed by atoms with van der Waals surface area (Å²) >= 11 is 1.55. The van der Waals surface area contributed by atoms with Gasteiger partial charge < -0.3 is 0 Å². The van der Waals surface area contributed by atoms with Gasteiger partial charge in [0.1, 0.15) is 0 Å². The van der Waals surface area contributed by atoms with Gasteiger partial charge in [-0.3, -0.25) is 13.9 Å². The summed E-state index contributed by atoms with van der Waals surface area (Å²) in [6.45, 7) is 4.04. The van der Waals surface area contributed by atoms with E-state index in [1.165, 1.54) is 4.88 Å². The smallest absolute Gasteiger partial charge is 0.186 e. The summed E-state index contributed by atoms with van der Waals surface area (Å²) in [6, 6.07) is 3.87. The van der Waals surface area contributed by atoms with Crippen molar-refractivity contribution in [2.45, 2.75) is 6.92 Å². The van der Waals surface area contributed by atoms with Crippen molar-refractivity contribution >= 4 is 27.9 Å². The minimum atomic E-state index is -0.666. The molecule has 0 bridgehead atoms. The van der Waals surface area contributed by atoms with E-state index in [1.54, 1.807) is 11.3 Å². The molecule has 88 valence electrons. The van der Waals surface area contributed by atoms with Gasteiger partial charge in [-0.15, -0.1) is 11.3 Å². The normalized spacial score (nSPS) is 18.8. The summed E-state index contributed by atoms with van der Waals surface area (Å²) in [6.07, 6.45) is 0. The molecule has 0 radical (unpaired) electrons. The lowest BCUT2D eigenvalue weighted by atomic mass is 10.3. The molecule has 0 atom stereocenters. The maximum atomic E-state index is 11.9. The van der Waals surface area contributed by atoms with Crippen molar-refractivity contribution < 1.29 is 9.00 Å². The molecular formula is C11H15NO2S2. The van der Waals surface area contributed by atoms with Crippen LogP contribution in [0.3, 0.4) is 0 Å². The second-order valence-electron chi connectivity index (χ2n) is 3.96. The number of nitrogens with zero attached hydrogens (tertiary/aromatic N) is 1. The number of hydrogen-bond acceptors (Lipinski definition) is 4. The lowest BCUT2D eigenvalue weighted by Gasteiger charge is -2.24. The standard InChI is InChI=1S/C11H15NO2S2/c1-9-2-3-11(15-9)10(13)8-12-4-6-16(14)7-5-12/h2-3H,4-8H2,1H3. The Kier molecular flexibility index (Phi) is 3.89. The summed E-state index contributed by atoms with van der Waals surface area (Å²) < 4.78 is 11.2. The molecule has 16 heavy (non-hydrogen) atoms. The Morgan fingerprint density at radius 2 is 2.12 bits per heavy atom. The molecule has 5 heteroatoms. The first-order chi connectivity index (χ1) is 7.65. The van der Waals surface area contributed by atoms with Crippen LogP contribution < -0.4 is 0 Å². The van der Waals surface area contributed by atoms with Crippen LogP contribution in [0, 0.1) is 6.92 Å². The summed E-state index contributed by atoms with van der Waals surface area (Å²) in [5.41, 5.74) is 0. The minimum Gasteiger partial charge on any atom is -0.294 e. The molecule has 1 saturated heterocycles. The molecule has 1 aliphatic rings. The van der Waals surface area contributed by atoms with Gasteiger partial charge in [-0.25, -0.2) is 0 Å². The van der Waals surface area contributed by atoms with Crippen LogP contribution in [0.25, 0.3) is 0 Å². The van der Waals surface area contributed by atoms with Gasteiger partial charge in [0, 0.05) is 40.3 Å². The molecule has 1 aromatic rings. The molecule has 0 spiro atoms. The van der Waals surface area contributed by atoms with E-state index in [2.05, 4.69) is 4.90 Å². The van der Waals surface area contributed by atoms with Crippen LogP contribution in [0.15, 0.2) is 12.1 Å². The molecule has 0 saturated carbocycles. The lowest BCUT2D eigenvalue weighted by molar-refractivity contribution is 0.0940. The highest BCUT2D eigenvalue weighted by Gasteiger charge is 2.18. The molecule has 1 fully saturated rings. The first-order valence-electron chi connectivity index (χ1n) is 5.32. The largest absolute Gasteiger partial charge is 0.294 e. The maximum Gasteiger partial charge on any atom is 0.186 e. The summed E-state index contributed by atoms with van der Waals surface area (Å²) in [4.78, 5) is 16.0. The molecule has 2 heterocycles. The highest BCUT2D eigenvalue weighted by Crippen LogP contribution is 2.16. The molecule has 0 N–H and O–H groups in total. The fourth-order valence-corrected chi connectivity index (χ4v) is 3.62. The monoisotopic (exact) mass is 257 g/mol. The Morgan fingerprint density at radius 1 is 1.44 bits per heavy atom. The topological polar surface area (TPSA) is 37.4 Å². The average molecular weight is 257 g/mol. The predicted molar refractivity (Wildman–Crippen MR) is 67.7 cm³/mol. The zero-order chi connectivity index (χ0) is 11.5. The molecular weight excluding hydrogens is 242 g/mol. The van der Waals surface area contributed by atoms with E-state index in [4.69, 9.17) is 0 Å². The highest BCUT2D eigenvalue weighted by atomic mass is 32.2. The fourth-order valence-electron chi connectivity index (χ4n) is 1.70. The van der Waals surface area contributed by atoms with Gasteiger partial charge in [0.25, 0.3) is 0 Å². The van der Waals surface area contributed by atoms with Crippen LogP contribution in [-0.4, -0.2) is 46.0 Å². The van der Waals surface area contributed by atoms with Crippen molar-refractivity contribution in [1.29, 1.82) is 0 Å². The van der Waals surface area contributed by atoms with Crippen molar-refractivity contribution in [3.63, 3.8) is 0 Å². The molecule has 2 rings (SSSR count). The number of aryl methyl sites for hydroxylation is 1. The van der Waals surface area contributed by atoms with Crippen LogP contribution in [0.4, 0.5) is 0 Å². The first-order valence-corrected chi connectivity index (χ1v) is 7.62. The third-order valence-corrected chi connectivity index (χ3v) is 4.97. The number of carbonyl (C=O) groups is 1. The van der Waals surface area contributed by atoms with Gasteiger partial charge in [0.05, 0.1) is 11.4 Å². The summed E-state index contributed by atoms with van der Waals surface area (Å²) in [5.74, 6) is 1.60. The van der Waals surface area contributed by atoms with E-state index in [1.807, 2.05) is 19.1 Å². The van der Waals surface area contributed by atoms with Gasteiger partial charge in [0.2, 0.25) is 0 Å². The summed E-state index contributed by atoms with van der Waals surface area (Å²) in [5, 5.41) is 0. The Bertz CT molecular complexity index is 404. The number of rotatable bonds is 3. The molecule has 0 amide bonds. The Balaban J connectivity index is 1.90. The van der Waals surface area contributed by atoms with Crippen molar-refractivity contribution in [3.05, 3.63) is 21.9 Å². The number of Topliss-reactive ketones (excluding diaryl/α,β-unsaturated/α-hetero) is 1. The van der Waals surface area contributed by atoms with Gasteiger partial charge in [0.15, 0.2) is 5.78 Å². The molecule has 0 aromatic carbocycles. The average Bonchev–Trinajstić information content (AvgIpc) is 2.68. The maximum absolute atomic E-state index is 11.9. The van der Waals surface area contributed by atoms with E-state index >= 15 is 0 Å². The van der Waals surface area contributed by atoms with E-state index in [-0.39, 0.29) is 5.78 Å². The third kappa shape index (κ3) is 2.99. The number of thiophene rings is 1. The van der Waals surface area contributed by atoms with Gasteiger partial charge in [-0.2, -0.15) is 0 Å². The molecule has 3 nitrogen and oxygen atoms in total. The van der Waals surface area contributed by atoms with E-state index in [9.17, 15) is 9.00 Å². The molecule has 0 unspecified atom stereocenters. The zero-order valence-corrected chi connectivity index (χ0v) is 10.9. The van der Waals surface area contributed by atoms with E-state index in [0.29, 0.717) is 18.1 Å². The Labute approximate surface area is 102 Å².